The second-order valence-corrected chi connectivity index (χ2v) is 9.76. The Bertz CT molecular complexity index is 1410. The highest BCUT2D eigenvalue weighted by Crippen LogP contribution is 2.44. The first kappa shape index (κ1) is 25.7. The normalized spacial score (nSPS) is 22.6. The van der Waals surface area contributed by atoms with Gasteiger partial charge < -0.3 is 26.4 Å². The van der Waals surface area contributed by atoms with E-state index in [1.807, 2.05) is 0 Å². The molecular weight excluding hydrogens is 495 g/mol. The number of rotatable bonds is 4. The van der Waals surface area contributed by atoms with Crippen molar-refractivity contribution in [2.24, 2.45) is 17.6 Å². The summed E-state index contributed by atoms with van der Waals surface area (Å²) in [6.45, 7) is 1.31. The molecule has 2 heterocycles. The van der Waals surface area contributed by atoms with E-state index in [9.17, 15) is 23.9 Å². The number of aliphatic hydroxyl groups is 1. The summed E-state index contributed by atoms with van der Waals surface area (Å²) in [5.74, 6) is -3.12. The minimum absolute atomic E-state index is 0.00878. The van der Waals surface area contributed by atoms with Crippen molar-refractivity contribution in [2.45, 2.75) is 12.1 Å². The number of fused-ring (bicyclic) bond motifs is 2. The second kappa shape index (κ2) is 10.1. The molecule has 2 aliphatic heterocycles. The van der Waals surface area contributed by atoms with E-state index in [1.165, 1.54) is 11.0 Å². The van der Waals surface area contributed by atoms with Gasteiger partial charge in [0, 0.05) is 67.4 Å². The fraction of sp³-hybridized carbons (Fsp3) is 0.286. The molecule has 7 nitrogen and oxygen atoms in total. The van der Waals surface area contributed by atoms with Crippen molar-refractivity contribution in [3.8, 4) is 17.2 Å². The second-order valence-electron chi connectivity index (χ2n) is 9.76. The minimum Gasteiger partial charge on any atom is -0.384 e. The van der Waals surface area contributed by atoms with E-state index < -0.39 is 40.9 Å². The summed E-state index contributed by atoms with van der Waals surface area (Å²) in [5, 5.41) is 27.2. The Kier molecular flexibility index (Phi) is 6.84. The third-order valence-corrected chi connectivity index (χ3v) is 7.47. The molecule has 2 saturated heterocycles. The lowest BCUT2D eigenvalue weighted by Crippen LogP contribution is -2.65. The number of benzene rings is 3. The summed E-state index contributed by atoms with van der Waals surface area (Å²) < 4.78 is 42.5. The maximum Gasteiger partial charge on any atom is 0.321 e. The van der Waals surface area contributed by atoms with Gasteiger partial charge in [0.05, 0.1) is 11.6 Å². The zero-order valence-corrected chi connectivity index (χ0v) is 20.3. The zero-order chi connectivity index (χ0) is 27.0. The Balaban J connectivity index is 1.40. The number of hydrogen-bond donors (Lipinski definition) is 4. The van der Waals surface area contributed by atoms with Gasteiger partial charge in [-0.2, -0.15) is 5.26 Å². The number of likely N-dealkylation sites (tertiary alicyclic amines) is 1. The summed E-state index contributed by atoms with van der Waals surface area (Å²) in [4.78, 5) is 14.4. The Morgan fingerprint density at radius 3 is 2.32 bits per heavy atom. The number of hydrogen-bond acceptors (Lipinski definition) is 5. The van der Waals surface area contributed by atoms with Crippen LogP contribution in [0.1, 0.15) is 16.7 Å². The third kappa shape index (κ3) is 4.60. The summed E-state index contributed by atoms with van der Waals surface area (Å²) in [7, 11) is 0. The van der Waals surface area contributed by atoms with Crippen molar-refractivity contribution in [1.82, 2.24) is 10.2 Å². The lowest BCUT2D eigenvalue weighted by Gasteiger charge is -2.53. The van der Waals surface area contributed by atoms with Gasteiger partial charge in [0.1, 0.15) is 23.1 Å². The number of halogens is 3. The molecule has 196 valence electrons. The highest BCUT2D eigenvalue weighted by Gasteiger charge is 2.52. The number of nitrogens with zero attached hydrogens (tertiary/aromatic N) is 2. The monoisotopic (exact) mass is 521 g/mol. The molecule has 3 aromatic rings. The van der Waals surface area contributed by atoms with Gasteiger partial charge in [-0.05, 0) is 35.4 Å². The smallest absolute Gasteiger partial charge is 0.321 e. The fourth-order valence-electron chi connectivity index (χ4n) is 5.58. The van der Waals surface area contributed by atoms with Crippen LogP contribution in [0.25, 0.3) is 11.1 Å². The summed E-state index contributed by atoms with van der Waals surface area (Å²) in [6, 6.07) is 13.9. The average Bonchev–Trinajstić information content (AvgIpc) is 2.87. The number of nitrogens with two attached hydrogens (primary N) is 1. The zero-order valence-electron chi connectivity index (χ0n) is 20.3. The highest BCUT2D eigenvalue weighted by atomic mass is 19.1. The van der Waals surface area contributed by atoms with E-state index >= 15 is 4.39 Å². The molecule has 5 N–H and O–H groups in total. The van der Waals surface area contributed by atoms with E-state index in [-0.39, 0.29) is 30.9 Å². The molecule has 2 aliphatic rings. The van der Waals surface area contributed by atoms with E-state index in [4.69, 9.17) is 5.73 Å². The average molecular weight is 522 g/mol. The molecule has 38 heavy (non-hydrogen) atoms. The number of amides is 2. The van der Waals surface area contributed by atoms with Crippen molar-refractivity contribution in [3.05, 3.63) is 88.7 Å². The molecule has 3 aromatic carbocycles. The molecule has 0 unspecified atom stereocenters. The van der Waals surface area contributed by atoms with Crippen molar-refractivity contribution in [3.63, 3.8) is 0 Å². The van der Waals surface area contributed by atoms with Gasteiger partial charge in [0.25, 0.3) is 0 Å². The molecule has 0 aliphatic carbocycles. The lowest BCUT2D eigenvalue weighted by atomic mass is 9.67. The van der Waals surface area contributed by atoms with Gasteiger partial charge in [-0.1, -0.05) is 24.3 Å². The summed E-state index contributed by atoms with van der Waals surface area (Å²) in [5.41, 5.74) is 6.36. The van der Waals surface area contributed by atoms with Gasteiger partial charge in [0.2, 0.25) is 0 Å². The predicted molar refractivity (Wildman–Crippen MR) is 135 cm³/mol. The number of carbonyl (C=O) groups is 1. The van der Waals surface area contributed by atoms with Gasteiger partial charge in [-0.3, -0.25) is 0 Å². The number of anilines is 1. The number of nitriles is 1. The van der Waals surface area contributed by atoms with E-state index in [0.29, 0.717) is 35.8 Å². The Hall–Kier alpha value is -3.91. The van der Waals surface area contributed by atoms with Crippen LogP contribution in [0.4, 0.5) is 23.7 Å². The summed E-state index contributed by atoms with van der Waals surface area (Å²) >= 11 is 0. The molecule has 0 aromatic heterocycles. The van der Waals surface area contributed by atoms with Crippen molar-refractivity contribution in [1.29, 1.82) is 5.26 Å². The van der Waals surface area contributed by atoms with Gasteiger partial charge >= 0.3 is 6.03 Å². The quantitative estimate of drug-likeness (QED) is 0.418. The van der Waals surface area contributed by atoms with Crippen LogP contribution in [0.3, 0.4) is 0 Å². The van der Waals surface area contributed by atoms with Crippen molar-refractivity contribution < 1.29 is 23.1 Å². The molecule has 0 spiro atoms. The van der Waals surface area contributed by atoms with E-state index in [0.717, 1.165) is 17.7 Å². The molecule has 3 atom stereocenters. The van der Waals surface area contributed by atoms with Crippen LogP contribution < -0.4 is 16.4 Å². The molecule has 10 heteroatoms. The number of urea groups is 1. The largest absolute Gasteiger partial charge is 0.384 e. The minimum atomic E-state index is -1.41. The number of nitrogens with one attached hydrogen (secondary N) is 2. The van der Waals surface area contributed by atoms with Crippen LogP contribution in [0.15, 0.2) is 54.6 Å². The van der Waals surface area contributed by atoms with Crippen molar-refractivity contribution in [2.75, 3.05) is 31.5 Å². The van der Waals surface area contributed by atoms with Crippen molar-refractivity contribution >= 4 is 11.7 Å². The molecule has 0 saturated carbocycles. The van der Waals surface area contributed by atoms with Crippen LogP contribution in [-0.2, 0) is 12.1 Å². The van der Waals surface area contributed by atoms with E-state index in [1.54, 1.807) is 30.3 Å². The molecule has 2 bridgehead atoms. The SMILES string of the molecule is N#Cc1cc(CN)ccc1-c1ccc([C@@]2(O)[C@@H]3CNC[C@H]2CN(C(=O)Nc2cc(F)cc(F)c2)C3)cc1F. The van der Waals surface area contributed by atoms with Gasteiger partial charge in [-0.15, -0.1) is 0 Å². The molecule has 0 radical (unpaired) electrons. The van der Waals surface area contributed by atoms with Gasteiger partial charge in [0.15, 0.2) is 0 Å². The van der Waals surface area contributed by atoms with Gasteiger partial charge in [-0.25, -0.2) is 18.0 Å². The standard InChI is InChI=1S/C28H26F3N5O2/c29-21-7-22(30)9-23(8-21)35-27(37)36-14-19-12-34-13-20(15-36)28(19,38)18-2-4-25(26(31)6-18)24-3-1-16(10-32)5-17(24)11-33/h1-9,19-20,34,38H,10,12-15,32H2,(H,35,37)/t19-,20+,28-. The molecule has 5 rings (SSSR count). The van der Waals surface area contributed by atoms with Crippen LogP contribution in [0.2, 0.25) is 0 Å². The highest BCUT2D eigenvalue weighted by molar-refractivity contribution is 5.89. The third-order valence-electron chi connectivity index (χ3n) is 7.47. The van der Waals surface area contributed by atoms with E-state index in [2.05, 4.69) is 16.7 Å². The first-order valence-corrected chi connectivity index (χ1v) is 12.2. The summed E-state index contributed by atoms with van der Waals surface area (Å²) in [6.07, 6.45) is 0. The maximum absolute atomic E-state index is 15.5. The molecular formula is C28H26F3N5O2. The molecule has 2 amide bonds. The van der Waals surface area contributed by atoms with Crippen LogP contribution >= 0.6 is 0 Å². The Morgan fingerprint density at radius 1 is 1.05 bits per heavy atom. The number of piperidine rings is 2. The van der Waals surface area contributed by atoms with Crippen LogP contribution in [0.5, 0.6) is 0 Å². The van der Waals surface area contributed by atoms with Crippen LogP contribution in [-0.4, -0.2) is 42.2 Å². The Morgan fingerprint density at radius 2 is 1.71 bits per heavy atom. The molecule has 2 fully saturated rings. The van der Waals surface area contributed by atoms with Crippen LogP contribution in [0, 0.1) is 40.6 Å². The predicted octanol–water partition coefficient (Wildman–Crippen LogP) is 3.67. The fourth-order valence-corrected chi connectivity index (χ4v) is 5.58. The lowest BCUT2D eigenvalue weighted by molar-refractivity contribution is -0.129. The maximum atomic E-state index is 15.5. The Labute approximate surface area is 217 Å². The number of carbonyl (C=O) groups excluding carboxylic acids is 1. The first-order valence-electron chi connectivity index (χ1n) is 12.2. The topological polar surface area (TPSA) is 114 Å². The first-order chi connectivity index (χ1) is 18.2.